The Hall–Kier alpha value is -0.890. The van der Waals surface area contributed by atoms with Crippen LogP contribution in [-0.4, -0.2) is 12.2 Å². The van der Waals surface area contributed by atoms with Gasteiger partial charge in [-0.05, 0) is 11.5 Å². The van der Waals surface area contributed by atoms with Crippen LogP contribution in [0.4, 0.5) is 0 Å². The Morgan fingerprint density at radius 2 is 1.86 bits per heavy atom. The van der Waals surface area contributed by atoms with Crippen LogP contribution >= 0.6 is 11.6 Å². The van der Waals surface area contributed by atoms with Crippen molar-refractivity contribution in [1.82, 2.24) is 0 Å². The minimum Gasteiger partial charge on any atom is -0.504 e. The molecule has 0 heterocycles. The molecule has 0 spiro atoms. The third-order valence-corrected chi connectivity index (χ3v) is 2.26. The molecule has 0 bridgehead atoms. The smallest absolute Gasteiger partial charge is 0.164 e. The zero-order valence-electron chi connectivity index (χ0n) is 8.89. The molecule has 1 aromatic rings. The number of hydrogen-bond donors (Lipinski definition) is 1. The largest absolute Gasteiger partial charge is 0.504 e. The van der Waals surface area contributed by atoms with Crippen LogP contribution in [0.2, 0.25) is 5.02 Å². The van der Waals surface area contributed by atoms with Crippen LogP contribution < -0.4 is 4.74 Å². The van der Waals surface area contributed by atoms with Crippen molar-refractivity contribution in [1.29, 1.82) is 0 Å². The van der Waals surface area contributed by atoms with E-state index in [1.807, 2.05) is 26.8 Å². The third-order valence-electron chi connectivity index (χ3n) is 2.05. The Kier molecular flexibility index (Phi) is 2.95. The molecular weight excluding hydrogens is 200 g/mol. The molecule has 3 heteroatoms. The molecule has 0 aliphatic carbocycles. The number of phenols is 1. The van der Waals surface area contributed by atoms with Crippen molar-refractivity contribution in [3.05, 3.63) is 22.7 Å². The minimum absolute atomic E-state index is 0.0879. The van der Waals surface area contributed by atoms with E-state index in [2.05, 4.69) is 0 Å². The van der Waals surface area contributed by atoms with E-state index >= 15 is 0 Å². The summed E-state index contributed by atoms with van der Waals surface area (Å²) in [5.74, 6) is 0.590. The van der Waals surface area contributed by atoms with Gasteiger partial charge in [-0.3, -0.25) is 0 Å². The molecule has 0 unspecified atom stereocenters. The predicted octanol–water partition coefficient (Wildman–Crippen LogP) is 3.35. The SMILES string of the molecule is COc1c(O)cc(Cl)cc1C(C)(C)C. The molecule has 0 radical (unpaired) electrons. The lowest BCUT2D eigenvalue weighted by Crippen LogP contribution is -2.12. The first-order chi connectivity index (χ1) is 6.36. The summed E-state index contributed by atoms with van der Waals surface area (Å²) in [6.07, 6.45) is 0. The van der Waals surface area contributed by atoms with Crippen molar-refractivity contribution < 1.29 is 9.84 Å². The zero-order valence-corrected chi connectivity index (χ0v) is 9.64. The van der Waals surface area contributed by atoms with E-state index in [4.69, 9.17) is 16.3 Å². The summed E-state index contributed by atoms with van der Waals surface area (Å²) in [6, 6.07) is 3.30. The molecule has 78 valence electrons. The van der Waals surface area contributed by atoms with Crippen molar-refractivity contribution in [2.75, 3.05) is 7.11 Å². The van der Waals surface area contributed by atoms with Gasteiger partial charge in [0, 0.05) is 16.7 Å². The normalized spacial score (nSPS) is 11.5. The number of rotatable bonds is 1. The topological polar surface area (TPSA) is 29.5 Å². The van der Waals surface area contributed by atoms with E-state index in [0.717, 1.165) is 5.56 Å². The standard InChI is InChI=1S/C11H15ClO2/c1-11(2,3)8-5-7(12)6-9(13)10(8)14-4/h5-6,13H,1-4H3. The van der Waals surface area contributed by atoms with Gasteiger partial charge in [0.05, 0.1) is 7.11 Å². The summed E-state index contributed by atoms with van der Waals surface area (Å²) >= 11 is 5.87. The van der Waals surface area contributed by atoms with Crippen LogP contribution in [0.25, 0.3) is 0 Å². The average Bonchev–Trinajstić information content (AvgIpc) is 2.01. The molecule has 1 N–H and O–H groups in total. The maximum absolute atomic E-state index is 9.63. The Morgan fingerprint density at radius 3 is 2.29 bits per heavy atom. The number of benzene rings is 1. The molecule has 0 fully saturated rings. The Morgan fingerprint density at radius 1 is 1.29 bits per heavy atom. The van der Waals surface area contributed by atoms with Crippen molar-refractivity contribution in [2.24, 2.45) is 0 Å². The van der Waals surface area contributed by atoms with Crippen LogP contribution in [0.15, 0.2) is 12.1 Å². The highest BCUT2D eigenvalue weighted by atomic mass is 35.5. The molecule has 2 nitrogen and oxygen atoms in total. The first-order valence-electron chi connectivity index (χ1n) is 4.43. The van der Waals surface area contributed by atoms with Crippen LogP contribution in [0, 0.1) is 0 Å². The molecule has 0 aliphatic heterocycles. The number of halogens is 1. The predicted molar refractivity (Wildman–Crippen MR) is 58.4 cm³/mol. The highest BCUT2D eigenvalue weighted by Gasteiger charge is 2.21. The van der Waals surface area contributed by atoms with Gasteiger partial charge in [-0.2, -0.15) is 0 Å². The van der Waals surface area contributed by atoms with Crippen molar-refractivity contribution in [2.45, 2.75) is 26.2 Å². The van der Waals surface area contributed by atoms with Crippen molar-refractivity contribution in [3.8, 4) is 11.5 Å². The molecule has 14 heavy (non-hydrogen) atoms. The second kappa shape index (κ2) is 3.70. The zero-order chi connectivity index (χ0) is 10.9. The molecule has 0 atom stereocenters. The fourth-order valence-corrected chi connectivity index (χ4v) is 1.56. The van der Waals surface area contributed by atoms with Gasteiger partial charge in [0.15, 0.2) is 11.5 Å². The summed E-state index contributed by atoms with van der Waals surface area (Å²) in [6.45, 7) is 6.13. The summed E-state index contributed by atoms with van der Waals surface area (Å²) in [5.41, 5.74) is 0.804. The quantitative estimate of drug-likeness (QED) is 0.777. The van der Waals surface area contributed by atoms with Gasteiger partial charge in [0.2, 0.25) is 0 Å². The number of hydrogen-bond acceptors (Lipinski definition) is 2. The number of aromatic hydroxyl groups is 1. The first-order valence-corrected chi connectivity index (χ1v) is 4.81. The first kappa shape index (κ1) is 11.2. The monoisotopic (exact) mass is 214 g/mol. The second-order valence-corrected chi connectivity index (χ2v) is 4.69. The number of ether oxygens (including phenoxy) is 1. The lowest BCUT2D eigenvalue weighted by Gasteiger charge is -2.22. The van der Waals surface area contributed by atoms with E-state index in [-0.39, 0.29) is 11.2 Å². The van der Waals surface area contributed by atoms with Gasteiger partial charge in [0.1, 0.15) is 0 Å². The third kappa shape index (κ3) is 2.13. The maximum atomic E-state index is 9.63. The Labute approximate surface area is 89.5 Å². The van der Waals surface area contributed by atoms with E-state index < -0.39 is 0 Å². The fraction of sp³-hybridized carbons (Fsp3) is 0.455. The summed E-state index contributed by atoms with van der Waals surface area (Å²) in [5, 5.41) is 10.1. The van der Waals surface area contributed by atoms with Crippen LogP contribution in [0.1, 0.15) is 26.3 Å². The summed E-state index contributed by atoms with van der Waals surface area (Å²) in [4.78, 5) is 0. The fourth-order valence-electron chi connectivity index (χ4n) is 1.35. The van der Waals surface area contributed by atoms with Crippen molar-refractivity contribution in [3.63, 3.8) is 0 Å². The molecule has 1 aromatic carbocycles. The van der Waals surface area contributed by atoms with Gasteiger partial charge < -0.3 is 9.84 Å². The second-order valence-electron chi connectivity index (χ2n) is 4.26. The van der Waals surface area contributed by atoms with E-state index in [9.17, 15) is 5.11 Å². The number of phenolic OH excluding ortho intramolecular Hbond substituents is 1. The van der Waals surface area contributed by atoms with Crippen LogP contribution in [0.3, 0.4) is 0 Å². The summed E-state index contributed by atoms with van der Waals surface area (Å²) in [7, 11) is 1.54. The van der Waals surface area contributed by atoms with Crippen LogP contribution in [-0.2, 0) is 5.41 Å². The lowest BCUT2D eigenvalue weighted by molar-refractivity contribution is 0.360. The number of methoxy groups -OCH3 is 1. The molecule has 0 amide bonds. The molecule has 0 saturated heterocycles. The van der Waals surface area contributed by atoms with Crippen molar-refractivity contribution >= 4 is 11.6 Å². The molecule has 1 rings (SSSR count). The van der Waals surface area contributed by atoms with Gasteiger partial charge in [-0.1, -0.05) is 32.4 Å². The van der Waals surface area contributed by atoms with Gasteiger partial charge in [-0.25, -0.2) is 0 Å². The minimum atomic E-state index is -0.103. The Bertz CT molecular complexity index is 340. The molecular formula is C11H15ClO2. The summed E-state index contributed by atoms with van der Waals surface area (Å²) < 4.78 is 5.15. The van der Waals surface area contributed by atoms with E-state index in [1.54, 1.807) is 0 Å². The maximum Gasteiger partial charge on any atom is 0.164 e. The molecule has 0 saturated carbocycles. The molecule has 0 aromatic heterocycles. The molecule has 0 aliphatic rings. The lowest BCUT2D eigenvalue weighted by atomic mass is 9.86. The van der Waals surface area contributed by atoms with Gasteiger partial charge in [0.25, 0.3) is 0 Å². The average molecular weight is 215 g/mol. The van der Waals surface area contributed by atoms with E-state index in [0.29, 0.717) is 10.8 Å². The van der Waals surface area contributed by atoms with Gasteiger partial charge >= 0.3 is 0 Å². The van der Waals surface area contributed by atoms with Crippen LogP contribution in [0.5, 0.6) is 11.5 Å². The Balaban J connectivity index is 3.40. The van der Waals surface area contributed by atoms with Gasteiger partial charge in [-0.15, -0.1) is 0 Å². The van der Waals surface area contributed by atoms with E-state index in [1.165, 1.54) is 13.2 Å². The highest BCUT2D eigenvalue weighted by Crippen LogP contribution is 2.39. The highest BCUT2D eigenvalue weighted by molar-refractivity contribution is 6.30.